The average molecular weight is 441 g/mol. The maximum absolute atomic E-state index is 11.9. The van der Waals surface area contributed by atoms with E-state index in [-0.39, 0.29) is 25.0 Å². The van der Waals surface area contributed by atoms with E-state index in [1.807, 2.05) is 74.5 Å². The summed E-state index contributed by atoms with van der Waals surface area (Å²) < 4.78 is 0. The van der Waals surface area contributed by atoms with E-state index in [2.05, 4.69) is 15.9 Å². The van der Waals surface area contributed by atoms with E-state index in [1.165, 1.54) is 15.0 Å². The van der Waals surface area contributed by atoms with E-state index < -0.39 is 6.04 Å². The van der Waals surface area contributed by atoms with Crippen LogP contribution < -0.4 is 0 Å². The molecule has 0 N–H and O–H groups in total. The van der Waals surface area contributed by atoms with Crippen LogP contribution in [-0.4, -0.2) is 53.8 Å². The molecule has 0 amide bonds. The molecule has 0 aliphatic rings. The van der Waals surface area contributed by atoms with Crippen molar-refractivity contribution in [3.8, 4) is 0 Å². The minimum Gasteiger partial charge on any atom is -0.262 e. The topological polar surface area (TPSA) is 98.0 Å². The number of hydrogen-bond donors (Lipinski definition) is 0. The van der Waals surface area contributed by atoms with Gasteiger partial charge in [-0.3, -0.25) is 15.0 Å². The summed E-state index contributed by atoms with van der Waals surface area (Å²) in [5.41, 5.74) is 2.05. The molecule has 2 aromatic rings. The first kappa shape index (κ1) is 24.9. The Morgan fingerprint density at radius 3 is 1.50 bits per heavy atom. The Balaban J connectivity index is 2.29. The van der Waals surface area contributed by atoms with Gasteiger partial charge in [0.2, 0.25) is 0 Å². The number of benzene rings is 2. The van der Waals surface area contributed by atoms with Gasteiger partial charge in [0.1, 0.15) is 0 Å². The van der Waals surface area contributed by atoms with Gasteiger partial charge in [0.15, 0.2) is 0 Å². The predicted octanol–water partition coefficient (Wildman–Crippen LogP) is 4.45. The Hall–Kier alpha value is -3.36. The number of likely N-dealkylation sites (N-methyl/N-ethyl adjacent to an activating group) is 1. The molecular formula is C23H32N6O3. The van der Waals surface area contributed by atoms with Crippen LogP contribution >= 0.6 is 0 Å². The normalized spacial score (nSPS) is 12.6. The van der Waals surface area contributed by atoms with Crippen molar-refractivity contribution >= 4 is 0 Å². The van der Waals surface area contributed by atoms with E-state index in [0.717, 1.165) is 11.1 Å². The Morgan fingerprint density at radius 1 is 0.656 bits per heavy atom. The monoisotopic (exact) mass is 440 g/mol. The van der Waals surface area contributed by atoms with E-state index in [4.69, 9.17) is 0 Å². The second kappa shape index (κ2) is 13.1. The van der Waals surface area contributed by atoms with Crippen molar-refractivity contribution in [2.45, 2.75) is 38.8 Å². The molecule has 0 unspecified atom stereocenters. The highest BCUT2D eigenvalue weighted by Crippen LogP contribution is 2.18. The second-order valence-electron chi connectivity index (χ2n) is 8.41. The zero-order valence-electron chi connectivity index (χ0n) is 18.9. The molecule has 172 valence electrons. The van der Waals surface area contributed by atoms with Crippen molar-refractivity contribution in [3.05, 3.63) is 86.5 Å². The third kappa shape index (κ3) is 8.05. The van der Waals surface area contributed by atoms with Crippen molar-refractivity contribution in [1.29, 1.82) is 0 Å². The highest BCUT2D eigenvalue weighted by molar-refractivity contribution is 5.17. The van der Waals surface area contributed by atoms with Gasteiger partial charge in [0, 0.05) is 13.6 Å². The van der Waals surface area contributed by atoms with Gasteiger partial charge in [-0.1, -0.05) is 74.5 Å². The highest BCUT2D eigenvalue weighted by atomic mass is 16.3. The van der Waals surface area contributed by atoms with Gasteiger partial charge in [0.05, 0.1) is 41.0 Å². The summed E-state index contributed by atoms with van der Waals surface area (Å²) in [6.07, 6.45) is 1.04. The fourth-order valence-electron chi connectivity index (χ4n) is 3.73. The fraction of sp³-hybridized carbons (Fsp3) is 0.478. The summed E-state index contributed by atoms with van der Waals surface area (Å²) in [5, 5.41) is 13.7. The maximum atomic E-state index is 11.9. The molecule has 0 aromatic heterocycles. The molecule has 2 atom stereocenters. The summed E-state index contributed by atoms with van der Waals surface area (Å²) in [6.45, 7) is 4.90. The van der Waals surface area contributed by atoms with E-state index in [0.29, 0.717) is 19.4 Å². The lowest BCUT2D eigenvalue weighted by atomic mass is 10.0. The van der Waals surface area contributed by atoms with Crippen LogP contribution in [0.15, 0.2) is 76.5 Å². The maximum Gasteiger partial charge on any atom is 0.0736 e. The molecule has 9 heteroatoms. The quantitative estimate of drug-likeness (QED) is 0.300. The molecular weight excluding hydrogens is 408 g/mol. The van der Waals surface area contributed by atoms with Gasteiger partial charge in [-0.2, -0.15) is 0 Å². The van der Waals surface area contributed by atoms with Crippen LogP contribution in [0.3, 0.4) is 0 Å². The lowest BCUT2D eigenvalue weighted by molar-refractivity contribution is 0.0881. The SMILES string of the molecule is CC(C)CN(N=O)[C@@H](Cc1ccccc1)CN(N=O)[C@@H](Cc1ccccc1)CN(C)N=O. The zero-order valence-corrected chi connectivity index (χ0v) is 18.9. The molecule has 0 bridgehead atoms. The molecule has 0 fully saturated rings. The van der Waals surface area contributed by atoms with Crippen LogP contribution in [-0.2, 0) is 12.8 Å². The van der Waals surface area contributed by atoms with Gasteiger partial charge >= 0.3 is 0 Å². The third-order valence-electron chi connectivity index (χ3n) is 5.25. The van der Waals surface area contributed by atoms with E-state index in [1.54, 1.807) is 7.05 Å². The van der Waals surface area contributed by atoms with Crippen molar-refractivity contribution in [2.75, 3.05) is 26.7 Å². The van der Waals surface area contributed by atoms with Gasteiger partial charge in [-0.25, -0.2) is 0 Å². The highest BCUT2D eigenvalue weighted by Gasteiger charge is 2.28. The average Bonchev–Trinajstić information content (AvgIpc) is 2.81. The van der Waals surface area contributed by atoms with Crippen LogP contribution in [0.1, 0.15) is 25.0 Å². The summed E-state index contributed by atoms with van der Waals surface area (Å²) in [7, 11) is 1.56. The first-order chi connectivity index (χ1) is 15.5. The lowest BCUT2D eigenvalue weighted by Crippen LogP contribution is -2.48. The number of hydrogen-bond acceptors (Lipinski definition) is 6. The first-order valence-corrected chi connectivity index (χ1v) is 10.8. The van der Waals surface area contributed by atoms with Crippen molar-refractivity contribution in [3.63, 3.8) is 0 Å². The lowest BCUT2D eigenvalue weighted by Gasteiger charge is -2.34. The number of nitroso groups, excluding NO2 is 3. The molecule has 0 aliphatic carbocycles. The summed E-state index contributed by atoms with van der Waals surface area (Å²) in [4.78, 5) is 34.7. The minimum absolute atomic E-state index is 0.195. The van der Waals surface area contributed by atoms with E-state index >= 15 is 0 Å². The Bertz CT molecular complexity index is 821. The number of nitrogens with zero attached hydrogens (tertiary/aromatic N) is 6. The summed E-state index contributed by atoms with van der Waals surface area (Å²) >= 11 is 0. The van der Waals surface area contributed by atoms with Crippen molar-refractivity contribution in [1.82, 2.24) is 15.0 Å². The third-order valence-corrected chi connectivity index (χ3v) is 5.25. The fourth-order valence-corrected chi connectivity index (χ4v) is 3.73. The summed E-state index contributed by atoms with van der Waals surface area (Å²) in [5.74, 6) is 0.217. The molecule has 0 radical (unpaired) electrons. The van der Waals surface area contributed by atoms with Crippen LogP contribution in [0.5, 0.6) is 0 Å². The molecule has 0 saturated carbocycles. The Morgan fingerprint density at radius 2 is 1.09 bits per heavy atom. The largest absolute Gasteiger partial charge is 0.262 e. The Kier molecular flexibility index (Phi) is 10.2. The molecule has 9 nitrogen and oxygen atoms in total. The van der Waals surface area contributed by atoms with Gasteiger partial charge in [0.25, 0.3) is 0 Å². The predicted molar refractivity (Wildman–Crippen MR) is 126 cm³/mol. The standard InChI is InChI=1S/C23H32N6O3/c1-19(2)16-28(25-31)23(15-21-12-8-5-9-13-21)18-29(26-32)22(17-27(3)24-30)14-20-10-6-4-7-11-20/h4-13,19,22-23H,14-18H2,1-3H3/t22-,23-/m0/s1. The molecule has 0 aliphatic heterocycles. The van der Waals surface area contributed by atoms with Gasteiger partial charge < -0.3 is 0 Å². The van der Waals surface area contributed by atoms with Gasteiger partial charge in [-0.15, -0.1) is 14.7 Å². The molecule has 0 saturated heterocycles. The smallest absolute Gasteiger partial charge is 0.0736 e. The molecule has 0 spiro atoms. The molecule has 2 aromatic carbocycles. The molecule has 0 heterocycles. The molecule has 2 rings (SSSR count). The Labute approximate surface area is 189 Å². The second-order valence-corrected chi connectivity index (χ2v) is 8.41. The first-order valence-electron chi connectivity index (χ1n) is 10.8. The van der Waals surface area contributed by atoms with Gasteiger partial charge in [-0.05, 0) is 29.9 Å². The van der Waals surface area contributed by atoms with Crippen LogP contribution in [0.4, 0.5) is 0 Å². The molecule has 32 heavy (non-hydrogen) atoms. The minimum atomic E-state index is -0.400. The number of rotatable bonds is 15. The zero-order chi connectivity index (χ0) is 23.3. The summed E-state index contributed by atoms with van der Waals surface area (Å²) in [6, 6.07) is 18.7. The van der Waals surface area contributed by atoms with Crippen LogP contribution in [0, 0.1) is 20.6 Å². The van der Waals surface area contributed by atoms with Crippen molar-refractivity contribution in [2.24, 2.45) is 21.8 Å². The van der Waals surface area contributed by atoms with Crippen molar-refractivity contribution < 1.29 is 0 Å². The van der Waals surface area contributed by atoms with Crippen LogP contribution in [0.25, 0.3) is 0 Å². The van der Waals surface area contributed by atoms with Crippen LogP contribution in [0.2, 0.25) is 0 Å². The van der Waals surface area contributed by atoms with E-state index in [9.17, 15) is 14.7 Å².